The van der Waals surface area contributed by atoms with Crippen LogP contribution in [0.1, 0.15) is 13.8 Å². The summed E-state index contributed by atoms with van der Waals surface area (Å²) in [5.74, 6) is 0.357. The first kappa shape index (κ1) is 10.9. The molecular formula is C9H19NO3. The van der Waals surface area contributed by atoms with Gasteiger partial charge in [0.05, 0.1) is 12.2 Å². The highest BCUT2D eigenvalue weighted by atomic mass is 16.7. The van der Waals surface area contributed by atoms with Gasteiger partial charge in [0, 0.05) is 19.6 Å². The molecular weight excluding hydrogens is 170 g/mol. The van der Waals surface area contributed by atoms with Crippen LogP contribution in [0.2, 0.25) is 0 Å². The molecule has 1 saturated heterocycles. The van der Waals surface area contributed by atoms with Gasteiger partial charge in [0.25, 0.3) is 0 Å². The Labute approximate surface area is 79.0 Å². The molecule has 1 aliphatic heterocycles. The minimum absolute atomic E-state index is 0.159. The molecule has 0 radical (unpaired) electrons. The van der Waals surface area contributed by atoms with Crippen LogP contribution >= 0.6 is 0 Å². The summed E-state index contributed by atoms with van der Waals surface area (Å²) in [6.45, 7) is 4.33. The van der Waals surface area contributed by atoms with Crippen molar-refractivity contribution >= 4 is 0 Å². The van der Waals surface area contributed by atoms with Gasteiger partial charge < -0.3 is 20.3 Å². The van der Waals surface area contributed by atoms with E-state index in [1.54, 1.807) is 7.11 Å². The lowest BCUT2D eigenvalue weighted by Gasteiger charge is -2.41. The number of methoxy groups -OCH3 is 1. The Hall–Kier alpha value is -0.160. The van der Waals surface area contributed by atoms with Crippen LogP contribution in [0.3, 0.4) is 0 Å². The van der Waals surface area contributed by atoms with E-state index in [9.17, 15) is 5.11 Å². The van der Waals surface area contributed by atoms with Crippen LogP contribution in [0, 0.1) is 11.8 Å². The molecule has 0 aromatic heterocycles. The van der Waals surface area contributed by atoms with Crippen molar-refractivity contribution in [2.24, 2.45) is 17.6 Å². The van der Waals surface area contributed by atoms with Gasteiger partial charge in [0.1, 0.15) is 0 Å². The van der Waals surface area contributed by atoms with Gasteiger partial charge in [-0.3, -0.25) is 0 Å². The highest BCUT2D eigenvalue weighted by Crippen LogP contribution is 2.30. The zero-order valence-electron chi connectivity index (χ0n) is 8.43. The number of hydrogen-bond donors (Lipinski definition) is 2. The molecule has 0 spiro atoms. The molecule has 13 heavy (non-hydrogen) atoms. The zero-order valence-corrected chi connectivity index (χ0v) is 8.43. The Kier molecular flexibility index (Phi) is 3.67. The van der Waals surface area contributed by atoms with Crippen molar-refractivity contribution in [2.75, 3.05) is 13.7 Å². The van der Waals surface area contributed by atoms with E-state index >= 15 is 0 Å². The lowest BCUT2D eigenvalue weighted by molar-refractivity contribution is -0.250. The van der Waals surface area contributed by atoms with Gasteiger partial charge in [0.2, 0.25) is 0 Å². The van der Waals surface area contributed by atoms with E-state index in [2.05, 4.69) is 0 Å². The standard InChI is InChI=1S/C9H19NO3/c1-5-6(2)9(12-3)13-7(4-10)8(5)11/h5-9,11H,4,10H2,1-3H3/t5?,6-,7?,8-,9-/m1/s1. The van der Waals surface area contributed by atoms with Crippen molar-refractivity contribution < 1.29 is 14.6 Å². The van der Waals surface area contributed by atoms with Crippen LogP contribution in [-0.4, -0.2) is 37.3 Å². The smallest absolute Gasteiger partial charge is 0.160 e. The normalized spacial score (nSPS) is 46.4. The van der Waals surface area contributed by atoms with Gasteiger partial charge in [0.15, 0.2) is 6.29 Å². The molecule has 1 aliphatic rings. The third-order valence-electron chi connectivity index (χ3n) is 2.95. The summed E-state index contributed by atoms with van der Waals surface area (Å²) in [5, 5.41) is 9.76. The number of ether oxygens (including phenoxy) is 2. The fraction of sp³-hybridized carbons (Fsp3) is 1.00. The molecule has 1 fully saturated rings. The summed E-state index contributed by atoms with van der Waals surface area (Å²) in [5.41, 5.74) is 5.48. The zero-order chi connectivity index (χ0) is 10.0. The summed E-state index contributed by atoms with van der Waals surface area (Å²) in [7, 11) is 1.61. The second kappa shape index (κ2) is 4.37. The number of aliphatic hydroxyl groups is 1. The molecule has 0 saturated carbocycles. The van der Waals surface area contributed by atoms with E-state index in [0.717, 1.165) is 0 Å². The fourth-order valence-corrected chi connectivity index (χ4v) is 1.74. The molecule has 1 heterocycles. The first-order chi connectivity index (χ1) is 6.11. The summed E-state index contributed by atoms with van der Waals surface area (Å²) in [4.78, 5) is 0. The van der Waals surface area contributed by atoms with Crippen molar-refractivity contribution in [1.82, 2.24) is 0 Å². The maximum atomic E-state index is 9.76. The minimum Gasteiger partial charge on any atom is -0.390 e. The molecule has 0 aromatic carbocycles. The summed E-state index contributed by atoms with van der Waals surface area (Å²) in [6, 6.07) is 0. The monoisotopic (exact) mass is 189 g/mol. The van der Waals surface area contributed by atoms with Crippen LogP contribution in [0.15, 0.2) is 0 Å². The Bertz CT molecular complexity index is 145. The average Bonchev–Trinajstić information content (AvgIpc) is 2.15. The van der Waals surface area contributed by atoms with Crippen molar-refractivity contribution in [3.05, 3.63) is 0 Å². The molecule has 4 nitrogen and oxygen atoms in total. The molecule has 3 N–H and O–H groups in total. The largest absolute Gasteiger partial charge is 0.390 e. The van der Waals surface area contributed by atoms with Gasteiger partial charge in [-0.2, -0.15) is 0 Å². The maximum absolute atomic E-state index is 9.76. The van der Waals surface area contributed by atoms with Crippen molar-refractivity contribution in [3.63, 3.8) is 0 Å². The second-order valence-electron chi connectivity index (χ2n) is 3.72. The number of aliphatic hydroxyl groups excluding tert-OH is 1. The van der Waals surface area contributed by atoms with Gasteiger partial charge in [-0.1, -0.05) is 13.8 Å². The SMILES string of the molecule is CO[C@@H]1OC(CN)[C@H](O)C(C)[C@H]1C. The third-order valence-corrected chi connectivity index (χ3v) is 2.95. The topological polar surface area (TPSA) is 64.7 Å². The third kappa shape index (κ3) is 2.02. The first-order valence-electron chi connectivity index (χ1n) is 4.68. The molecule has 0 amide bonds. The Morgan fingerprint density at radius 3 is 2.46 bits per heavy atom. The average molecular weight is 189 g/mol. The second-order valence-corrected chi connectivity index (χ2v) is 3.72. The summed E-state index contributed by atoms with van der Waals surface area (Å²) >= 11 is 0. The molecule has 4 heteroatoms. The molecule has 0 aliphatic carbocycles. The maximum Gasteiger partial charge on any atom is 0.160 e. The van der Waals surface area contributed by atoms with E-state index in [0.29, 0.717) is 6.54 Å². The Balaban J connectivity index is 2.66. The summed E-state index contributed by atoms with van der Waals surface area (Å²) in [6.07, 6.45) is -1.02. The van der Waals surface area contributed by atoms with Crippen molar-refractivity contribution in [2.45, 2.75) is 32.3 Å². The predicted molar refractivity (Wildman–Crippen MR) is 49.1 cm³/mol. The number of rotatable bonds is 2. The lowest BCUT2D eigenvalue weighted by Crippen LogP contribution is -2.52. The van der Waals surface area contributed by atoms with E-state index in [-0.39, 0.29) is 24.2 Å². The first-order valence-corrected chi connectivity index (χ1v) is 4.68. The van der Waals surface area contributed by atoms with Gasteiger partial charge in [-0.15, -0.1) is 0 Å². The van der Waals surface area contributed by atoms with E-state index < -0.39 is 6.10 Å². The molecule has 0 aromatic rings. The summed E-state index contributed by atoms with van der Waals surface area (Å²) < 4.78 is 10.6. The van der Waals surface area contributed by atoms with Crippen LogP contribution in [-0.2, 0) is 9.47 Å². The quantitative estimate of drug-likeness (QED) is 0.639. The minimum atomic E-state index is -0.480. The lowest BCUT2D eigenvalue weighted by atomic mass is 9.85. The molecule has 2 unspecified atom stereocenters. The number of nitrogens with two attached hydrogens (primary N) is 1. The molecule has 5 atom stereocenters. The number of hydrogen-bond acceptors (Lipinski definition) is 4. The molecule has 0 bridgehead atoms. The van der Waals surface area contributed by atoms with Gasteiger partial charge in [-0.25, -0.2) is 0 Å². The van der Waals surface area contributed by atoms with Crippen LogP contribution in [0.4, 0.5) is 0 Å². The highest BCUT2D eigenvalue weighted by molar-refractivity contribution is 4.85. The Morgan fingerprint density at radius 1 is 1.38 bits per heavy atom. The fourth-order valence-electron chi connectivity index (χ4n) is 1.74. The van der Waals surface area contributed by atoms with Crippen LogP contribution in [0.5, 0.6) is 0 Å². The predicted octanol–water partition coefficient (Wildman–Crippen LogP) is -0.0505. The van der Waals surface area contributed by atoms with E-state index in [4.69, 9.17) is 15.2 Å². The van der Waals surface area contributed by atoms with Gasteiger partial charge in [-0.05, 0) is 5.92 Å². The van der Waals surface area contributed by atoms with Crippen LogP contribution < -0.4 is 5.73 Å². The van der Waals surface area contributed by atoms with Crippen molar-refractivity contribution in [1.29, 1.82) is 0 Å². The van der Waals surface area contributed by atoms with Crippen LogP contribution in [0.25, 0.3) is 0 Å². The van der Waals surface area contributed by atoms with E-state index in [1.807, 2.05) is 13.8 Å². The van der Waals surface area contributed by atoms with E-state index in [1.165, 1.54) is 0 Å². The molecule has 1 rings (SSSR count). The molecule has 78 valence electrons. The Morgan fingerprint density at radius 2 is 2.00 bits per heavy atom. The van der Waals surface area contributed by atoms with Gasteiger partial charge >= 0.3 is 0 Å². The van der Waals surface area contributed by atoms with Crippen molar-refractivity contribution in [3.8, 4) is 0 Å². The highest BCUT2D eigenvalue weighted by Gasteiger charge is 2.39.